The highest BCUT2D eigenvalue weighted by Gasteiger charge is 2.26. The number of H-pyrrole nitrogens is 1. The molecule has 0 saturated heterocycles. The van der Waals surface area contributed by atoms with E-state index in [1.807, 2.05) is 18.3 Å². The van der Waals surface area contributed by atoms with E-state index in [9.17, 15) is 0 Å². The SMILES string of the molecule is CCN(Cc1nc2ccccc2[nH]1)C1CCCc2cccnc21. The molecule has 118 valence electrons. The summed E-state index contributed by atoms with van der Waals surface area (Å²) in [5.74, 6) is 1.04. The summed E-state index contributed by atoms with van der Waals surface area (Å²) in [6.07, 6.45) is 5.49. The smallest absolute Gasteiger partial charge is 0.121 e. The standard InChI is InChI=1S/C19H22N4/c1-2-23(13-18-21-15-9-3-4-10-16(15)22-18)17-11-5-7-14-8-6-12-20-19(14)17/h3-4,6,8-10,12,17H,2,5,7,11,13H2,1H3,(H,21,22). The number of aromatic nitrogens is 3. The van der Waals surface area contributed by atoms with Gasteiger partial charge in [-0.1, -0.05) is 25.1 Å². The summed E-state index contributed by atoms with van der Waals surface area (Å²) in [6, 6.07) is 12.9. The number of imidazole rings is 1. The van der Waals surface area contributed by atoms with Crippen LogP contribution in [-0.2, 0) is 13.0 Å². The predicted octanol–water partition coefficient (Wildman–Crippen LogP) is 3.86. The van der Waals surface area contributed by atoms with Crippen LogP contribution in [0.15, 0.2) is 42.6 Å². The monoisotopic (exact) mass is 306 g/mol. The Morgan fingerprint density at radius 2 is 2.13 bits per heavy atom. The molecule has 3 aromatic rings. The first-order chi connectivity index (χ1) is 11.3. The van der Waals surface area contributed by atoms with E-state index in [0.717, 1.165) is 36.4 Å². The molecule has 2 aromatic heterocycles. The summed E-state index contributed by atoms with van der Waals surface area (Å²) in [5.41, 5.74) is 4.82. The summed E-state index contributed by atoms with van der Waals surface area (Å²) in [7, 11) is 0. The van der Waals surface area contributed by atoms with Crippen LogP contribution in [0.3, 0.4) is 0 Å². The van der Waals surface area contributed by atoms with Gasteiger partial charge in [-0.3, -0.25) is 9.88 Å². The van der Waals surface area contributed by atoms with Gasteiger partial charge in [0, 0.05) is 6.20 Å². The molecule has 0 saturated carbocycles. The highest BCUT2D eigenvalue weighted by Crippen LogP contribution is 2.33. The second-order valence-electron chi connectivity index (χ2n) is 6.22. The van der Waals surface area contributed by atoms with Crippen LogP contribution in [0.1, 0.15) is 42.9 Å². The first-order valence-corrected chi connectivity index (χ1v) is 8.46. The fourth-order valence-electron chi connectivity index (χ4n) is 3.66. The molecule has 1 aliphatic rings. The number of pyridine rings is 1. The van der Waals surface area contributed by atoms with Crippen LogP contribution in [0.2, 0.25) is 0 Å². The van der Waals surface area contributed by atoms with Gasteiger partial charge in [0.05, 0.1) is 29.3 Å². The molecule has 0 spiro atoms. The van der Waals surface area contributed by atoms with Crippen molar-refractivity contribution in [2.24, 2.45) is 0 Å². The molecule has 0 amide bonds. The Labute approximate surface area is 136 Å². The molecule has 4 rings (SSSR count). The Morgan fingerprint density at radius 3 is 3.00 bits per heavy atom. The molecule has 1 unspecified atom stereocenters. The van der Waals surface area contributed by atoms with Crippen LogP contribution >= 0.6 is 0 Å². The van der Waals surface area contributed by atoms with Crippen molar-refractivity contribution in [1.29, 1.82) is 0 Å². The number of nitrogens with one attached hydrogen (secondary N) is 1. The van der Waals surface area contributed by atoms with E-state index in [2.05, 4.69) is 46.1 Å². The molecule has 1 atom stereocenters. The molecule has 4 nitrogen and oxygen atoms in total. The largest absolute Gasteiger partial charge is 0.341 e. The van der Waals surface area contributed by atoms with Gasteiger partial charge in [-0.2, -0.15) is 0 Å². The third-order valence-corrected chi connectivity index (χ3v) is 4.80. The molecule has 0 fully saturated rings. The molecular formula is C19H22N4. The van der Waals surface area contributed by atoms with Crippen LogP contribution < -0.4 is 0 Å². The average Bonchev–Trinajstić information content (AvgIpc) is 3.02. The number of hydrogen-bond donors (Lipinski definition) is 1. The topological polar surface area (TPSA) is 44.8 Å². The second-order valence-corrected chi connectivity index (χ2v) is 6.22. The molecule has 2 heterocycles. The first-order valence-electron chi connectivity index (χ1n) is 8.46. The molecule has 0 aliphatic heterocycles. The minimum Gasteiger partial charge on any atom is -0.341 e. The zero-order chi connectivity index (χ0) is 15.6. The Kier molecular flexibility index (Phi) is 3.83. The number of benzene rings is 1. The van der Waals surface area contributed by atoms with E-state index < -0.39 is 0 Å². The number of aromatic amines is 1. The molecular weight excluding hydrogens is 284 g/mol. The van der Waals surface area contributed by atoms with Crippen molar-refractivity contribution in [3.63, 3.8) is 0 Å². The molecule has 0 bridgehead atoms. The number of para-hydroxylation sites is 2. The molecule has 4 heteroatoms. The highest BCUT2D eigenvalue weighted by molar-refractivity contribution is 5.74. The van der Waals surface area contributed by atoms with E-state index in [4.69, 9.17) is 4.98 Å². The number of aryl methyl sites for hydroxylation is 1. The van der Waals surface area contributed by atoms with E-state index >= 15 is 0 Å². The minimum absolute atomic E-state index is 0.401. The Morgan fingerprint density at radius 1 is 1.22 bits per heavy atom. The predicted molar refractivity (Wildman–Crippen MR) is 92.1 cm³/mol. The second kappa shape index (κ2) is 6.13. The average molecular weight is 306 g/mol. The maximum atomic E-state index is 4.73. The number of rotatable bonds is 4. The maximum absolute atomic E-state index is 4.73. The Hall–Kier alpha value is -2.20. The molecule has 1 aromatic carbocycles. The highest BCUT2D eigenvalue weighted by atomic mass is 15.2. The van der Waals surface area contributed by atoms with E-state index in [0.29, 0.717) is 6.04 Å². The van der Waals surface area contributed by atoms with Crippen molar-refractivity contribution < 1.29 is 0 Å². The van der Waals surface area contributed by atoms with Crippen LogP contribution in [0.4, 0.5) is 0 Å². The van der Waals surface area contributed by atoms with E-state index in [1.165, 1.54) is 24.1 Å². The third kappa shape index (κ3) is 2.75. The van der Waals surface area contributed by atoms with Gasteiger partial charge in [-0.05, 0) is 49.6 Å². The van der Waals surface area contributed by atoms with Gasteiger partial charge in [-0.25, -0.2) is 4.98 Å². The van der Waals surface area contributed by atoms with Gasteiger partial charge < -0.3 is 4.98 Å². The van der Waals surface area contributed by atoms with Gasteiger partial charge in [0.1, 0.15) is 5.82 Å². The number of fused-ring (bicyclic) bond motifs is 2. The molecule has 0 radical (unpaired) electrons. The van der Waals surface area contributed by atoms with E-state index in [1.54, 1.807) is 0 Å². The zero-order valence-electron chi connectivity index (χ0n) is 13.5. The number of nitrogens with zero attached hydrogens (tertiary/aromatic N) is 3. The summed E-state index contributed by atoms with van der Waals surface area (Å²) >= 11 is 0. The summed E-state index contributed by atoms with van der Waals surface area (Å²) in [5, 5.41) is 0. The van der Waals surface area contributed by atoms with Crippen molar-refractivity contribution in [2.45, 2.75) is 38.8 Å². The van der Waals surface area contributed by atoms with Crippen molar-refractivity contribution in [3.8, 4) is 0 Å². The quantitative estimate of drug-likeness (QED) is 0.796. The number of hydrogen-bond acceptors (Lipinski definition) is 3. The molecule has 1 N–H and O–H groups in total. The lowest BCUT2D eigenvalue weighted by molar-refractivity contribution is 0.171. The van der Waals surface area contributed by atoms with Crippen molar-refractivity contribution in [1.82, 2.24) is 19.9 Å². The van der Waals surface area contributed by atoms with Gasteiger partial charge in [0.25, 0.3) is 0 Å². The Bertz CT molecular complexity index is 775. The molecule has 1 aliphatic carbocycles. The van der Waals surface area contributed by atoms with Crippen LogP contribution in [0.25, 0.3) is 11.0 Å². The zero-order valence-corrected chi connectivity index (χ0v) is 13.5. The van der Waals surface area contributed by atoms with Gasteiger partial charge >= 0.3 is 0 Å². The fourth-order valence-corrected chi connectivity index (χ4v) is 3.66. The summed E-state index contributed by atoms with van der Waals surface area (Å²) < 4.78 is 0. The van der Waals surface area contributed by atoms with Crippen molar-refractivity contribution in [3.05, 3.63) is 59.7 Å². The van der Waals surface area contributed by atoms with Crippen LogP contribution in [0, 0.1) is 0 Å². The third-order valence-electron chi connectivity index (χ3n) is 4.80. The summed E-state index contributed by atoms with van der Waals surface area (Å²) in [6.45, 7) is 4.06. The van der Waals surface area contributed by atoms with Crippen LogP contribution in [-0.4, -0.2) is 26.4 Å². The van der Waals surface area contributed by atoms with E-state index in [-0.39, 0.29) is 0 Å². The Balaban J connectivity index is 1.62. The van der Waals surface area contributed by atoms with Gasteiger partial charge in [-0.15, -0.1) is 0 Å². The fraction of sp³-hybridized carbons (Fsp3) is 0.368. The minimum atomic E-state index is 0.401. The normalized spacial score (nSPS) is 17.6. The van der Waals surface area contributed by atoms with Crippen molar-refractivity contribution in [2.75, 3.05) is 6.54 Å². The first kappa shape index (κ1) is 14.4. The van der Waals surface area contributed by atoms with Crippen molar-refractivity contribution >= 4 is 11.0 Å². The molecule has 23 heavy (non-hydrogen) atoms. The summed E-state index contributed by atoms with van der Waals surface area (Å²) in [4.78, 5) is 15.4. The lowest BCUT2D eigenvalue weighted by atomic mass is 9.91. The lowest BCUT2D eigenvalue weighted by Crippen LogP contribution is -2.32. The van der Waals surface area contributed by atoms with Gasteiger partial charge in [0.2, 0.25) is 0 Å². The van der Waals surface area contributed by atoms with Crippen LogP contribution in [0.5, 0.6) is 0 Å². The lowest BCUT2D eigenvalue weighted by Gasteiger charge is -2.33. The maximum Gasteiger partial charge on any atom is 0.121 e. The van der Waals surface area contributed by atoms with Gasteiger partial charge in [0.15, 0.2) is 0 Å².